The number of hydrogen-bond donors (Lipinski definition) is 0. The maximum absolute atomic E-state index is 12.3. The lowest BCUT2D eigenvalue weighted by molar-refractivity contribution is -0.274. The molecule has 1 aromatic carbocycles. The van der Waals surface area contributed by atoms with Gasteiger partial charge in [-0.25, -0.2) is 4.79 Å². The zero-order chi connectivity index (χ0) is 14.6. The van der Waals surface area contributed by atoms with Crippen molar-refractivity contribution in [2.45, 2.75) is 11.7 Å². The molecule has 102 valence electrons. The number of methoxy groups -OCH3 is 1. The summed E-state index contributed by atoms with van der Waals surface area (Å²) in [4.78, 5) is 11.4. The van der Waals surface area contributed by atoms with Crippen LogP contribution in [-0.2, 0) is 10.1 Å². The predicted octanol–water partition coefficient (Wildman–Crippen LogP) is 3.14. The fourth-order valence-corrected chi connectivity index (χ4v) is 1.78. The first-order valence-corrected chi connectivity index (χ1v) is 5.91. The number of esters is 1. The van der Waals surface area contributed by atoms with Crippen LogP contribution >= 0.6 is 15.9 Å². The van der Waals surface area contributed by atoms with Gasteiger partial charge >= 0.3 is 12.3 Å². The first-order valence-electron chi connectivity index (χ1n) is 4.79. The fourth-order valence-electron chi connectivity index (χ4n) is 1.32. The lowest BCUT2D eigenvalue weighted by Crippen LogP contribution is -2.19. The SMILES string of the molecule is COC(=O)c1cc(C#N)c(CBr)cc1OC(F)(F)F. The van der Waals surface area contributed by atoms with E-state index in [1.54, 1.807) is 6.07 Å². The number of carbonyl (C=O) groups excluding carboxylic acids is 1. The molecule has 19 heavy (non-hydrogen) atoms. The molecule has 0 amide bonds. The summed E-state index contributed by atoms with van der Waals surface area (Å²) >= 11 is 3.04. The van der Waals surface area contributed by atoms with Crippen molar-refractivity contribution in [3.05, 3.63) is 28.8 Å². The highest BCUT2D eigenvalue weighted by atomic mass is 79.9. The van der Waals surface area contributed by atoms with Gasteiger partial charge in [-0.2, -0.15) is 5.26 Å². The van der Waals surface area contributed by atoms with Crippen molar-refractivity contribution < 1.29 is 27.4 Å². The molecule has 0 aromatic heterocycles. The summed E-state index contributed by atoms with van der Waals surface area (Å²) in [6, 6.07) is 3.76. The Kier molecular flexibility index (Phi) is 4.78. The standard InChI is InChI=1S/C11H7BrF3NO3/c1-18-10(17)8-2-7(5-16)6(4-12)3-9(8)19-11(13,14)15/h2-3H,4H2,1H3. The van der Waals surface area contributed by atoms with Crippen LogP contribution in [0.1, 0.15) is 21.5 Å². The largest absolute Gasteiger partial charge is 0.573 e. The Balaban J connectivity index is 3.41. The maximum atomic E-state index is 12.3. The molecule has 1 rings (SSSR count). The molecule has 0 spiro atoms. The first kappa shape index (κ1) is 15.3. The van der Waals surface area contributed by atoms with Gasteiger partial charge in [0.05, 0.1) is 18.7 Å². The van der Waals surface area contributed by atoms with Crippen molar-refractivity contribution in [3.8, 4) is 11.8 Å². The quantitative estimate of drug-likeness (QED) is 0.628. The van der Waals surface area contributed by atoms with Crippen molar-refractivity contribution in [2.75, 3.05) is 7.11 Å². The molecule has 1 aromatic rings. The molecule has 0 saturated carbocycles. The Morgan fingerprint density at radius 1 is 1.47 bits per heavy atom. The number of rotatable bonds is 3. The molecule has 0 heterocycles. The van der Waals surface area contributed by atoms with Crippen LogP contribution in [0.5, 0.6) is 5.75 Å². The molecule has 4 nitrogen and oxygen atoms in total. The van der Waals surface area contributed by atoms with Crippen molar-refractivity contribution >= 4 is 21.9 Å². The molecule has 0 aliphatic carbocycles. The van der Waals surface area contributed by atoms with Crippen molar-refractivity contribution in [2.24, 2.45) is 0 Å². The third-order valence-corrected chi connectivity index (χ3v) is 2.70. The van der Waals surface area contributed by atoms with E-state index in [0.717, 1.165) is 19.2 Å². The Morgan fingerprint density at radius 2 is 2.11 bits per heavy atom. The number of benzene rings is 1. The lowest BCUT2D eigenvalue weighted by atomic mass is 10.0. The molecule has 0 unspecified atom stereocenters. The van der Waals surface area contributed by atoms with E-state index in [4.69, 9.17) is 5.26 Å². The smallest absolute Gasteiger partial charge is 0.465 e. The Morgan fingerprint density at radius 3 is 2.53 bits per heavy atom. The Hall–Kier alpha value is -1.75. The average Bonchev–Trinajstić information content (AvgIpc) is 2.35. The molecule has 0 fully saturated rings. The normalized spacial score (nSPS) is 10.7. The van der Waals surface area contributed by atoms with Crippen LogP contribution in [0.2, 0.25) is 0 Å². The fraction of sp³-hybridized carbons (Fsp3) is 0.273. The predicted molar refractivity (Wildman–Crippen MR) is 61.8 cm³/mol. The monoisotopic (exact) mass is 337 g/mol. The van der Waals surface area contributed by atoms with Crippen LogP contribution in [0.25, 0.3) is 0 Å². The molecule has 0 aliphatic heterocycles. The van der Waals surface area contributed by atoms with E-state index in [9.17, 15) is 18.0 Å². The van der Waals surface area contributed by atoms with Crippen LogP contribution in [0.4, 0.5) is 13.2 Å². The maximum Gasteiger partial charge on any atom is 0.573 e. The van der Waals surface area contributed by atoms with E-state index < -0.39 is 23.6 Å². The summed E-state index contributed by atoms with van der Waals surface area (Å²) < 4.78 is 44.9. The molecule has 0 atom stereocenters. The lowest BCUT2D eigenvalue weighted by Gasteiger charge is -2.14. The summed E-state index contributed by atoms with van der Waals surface area (Å²) in [6.07, 6.45) is -4.94. The van der Waals surface area contributed by atoms with Crippen LogP contribution in [0.15, 0.2) is 12.1 Å². The number of ether oxygens (including phenoxy) is 2. The third-order valence-electron chi connectivity index (χ3n) is 2.10. The van der Waals surface area contributed by atoms with Crippen LogP contribution in [-0.4, -0.2) is 19.4 Å². The van der Waals surface area contributed by atoms with E-state index in [0.29, 0.717) is 0 Å². The van der Waals surface area contributed by atoms with Gasteiger partial charge < -0.3 is 9.47 Å². The number of carbonyl (C=O) groups is 1. The van der Waals surface area contributed by atoms with Gasteiger partial charge in [0, 0.05) is 5.33 Å². The van der Waals surface area contributed by atoms with E-state index in [2.05, 4.69) is 25.4 Å². The highest BCUT2D eigenvalue weighted by molar-refractivity contribution is 9.08. The average molecular weight is 338 g/mol. The summed E-state index contributed by atoms with van der Waals surface area (Å²) in [5.41, 5.74) is -0.123. The minimum Gasteiger partial charge on any atom is -0.465 e. The van der Waals surface area contributed by atoms with E-state index >= 15 is 0 Å². The van der Waals surface area contributed by atoms with E-state index in [1.807, 2.05) is 0 Å². The van der Waals surface area contributed by atoms with Crippen LogP contribution in [0, 0.1) is 11.3 Å². The highest BCUT2D eigenvalue weighted by Crippen LogP contribution is 2.30. The number of alkyl halides is 4. The van der Waals surface area contributed by atoms with Gasteiger partial charge in [-0.05, 0) is 17.7 Å². The minimum absolute atomic E-state index is 0.0619. The minimum atomic E-state index is -4.94. The molecule has 0 saturated heterocycles. The molecule has 8 heteroatoms. The van der Waals surface area contributed by atoms with Crippen molar-refractivity contribution in [3.63, 3.8) is 0 Å². The zero-order valence-electron chi connectivity index (χ0n) is 9.55. The highest BCUT2D eigenvalue weighted by Gasteiger charge is 2.33. The molecular weight excluding hydrogens is 331 g/mol. The molecule has 0 aliphatic rings. The summed E-state index contributed by atoms with van der Waals surface area (Å²) in [6.45, 7) is 0. The second-order valence-electron chi connectivity index (χ2n) is 3.29. The topological polar surface area (TPSA) is 59.3 Å². The number of hydrogen-bond acceptors (Lipinski definition) is 4. The zero-order valence-corrected chi connectivity index (χ0v) is 11.1. The molecule has 0 N–H and O–H groups in total. The van der Waals surface area contributed by atoms with Gasteiger partial charge in [0.15, 0.2) is 0 Å². The van der Waals surface area contributed by atoms with Gasteiger partial charge in [0.25, 0.3) is 0 Å². The first-order chi connectivity index (χ1) is 8.82. The molecule has 0 radical (unpaired) electrons. The summed E-state index contributed by atoms with van der Waals surface area (Å²) in [7, 11) is 1.02. The van der Waals surface area contributed by atoms with Crippen molar-refractivity contribution in [1.82, 2.24) is 0 Å². The second-order valence-corrected chi connectivity index (χ2v) is 3.85. The van der Waals surface area contributed by atoms with Gasteiger partial charge in [-0.3, -0.25) is 0 Å². The van der Waals surface area contributed by atoms with Gasteiger partial charge in [-0.1, -0.05) is 15.9 Å². The number of nitrogens with zero attached hydrogens (tertiary/aromatic N) is 1. The molecular formula is C11H7BrF3NO3. The Labute approximate surface area is 114 Å². The third kappa shape index (κ3) is 3.86. The number of halogens is 4. The number of nitriles is 1. The second kappa shape index (κ2) is 5.93. The van der Waals surface area contributed by atoms with Gasteiger partial charge in [0.2, 0.25) is 0 Å². The van der Waals surface area contributed by atoms with Gasteiger partial charge in [0.1, 0.15) is 11.3 Å². The van der Waals surface area contributed by atoms with Crippen LogP contribution < -0.4 is 4.74 Å². The van der Waals surface area contributed by atoms with E-state index in [1.165, 1.54) is 0 Å². The molecule has 0 bridgehead atoms. The summed E-state index contributed by atoms with van der Waals surface area (Å²) in [5, 5.41) is 9.01. The Bertz CT molecular complexity index is 537. The van der Waals surface area contributed by atoms with Crippen molar-refractivity contribution in [1.29, 1.82) is 5.26 Å². The van der Waals surface area contributed by atoms with E-state index in [-0.39, 0.29) is 16.5 Å². The van der Waals surface area contributed by atoms with Gasteiger partial charge in [-0.15, -0.1) is 13.2 Å². The summed E-state index contributed by atoms with van der Waals surface area (Å²) in [5.74, 6) is -1.72. The van der Waals surface area contributed by atoms with Crippen LogP contribution in [0.3, 0.4) is 0 Å².